The molecule has 4 rings (SSSR count). The first-order chi connectivity index (χ1) is 19.8. The summed E-state index contributed by atoms with van der Waals surface area (Å²) in [5.41, 5.74) is 2.85. The number of benzene rings is 1. The van der Waals surface area contributed by atoms with E-state index in [-0.39, 0.29) is 29.6 Å². The molecule has 3 fully saturated rings. The number of nitrogens with zero attached hydrogens (tertiary/aromatic N) is 2. The van der Waals surface area contributed by atoms with Gasteiger partial charge in [-0.1, -0.05) is 43.2 Å². The second-order valence-electron chi connectivity index (χ2n) is 11.7. The van der Waals surface area contributed by atoms with Gasteiger partial charge in [-0.2, -0.15) is 0 Å². The monoisotopic (exact) mass is 582 g/mol. The number of thioether (sulfide) groups is 1. The van der Waals surface area contributed by atoms with Crippen molar-refractivity contribution in [3.63, 3.8) is 0 Å². The Hall–Kier alpha value is -2.58. The van der Waals surface area contributed by atoms with Gasteiger partial charge in [0.05, 0.1) is 23.2 Å². The molecule has 41 heavy (non-hydrogen) atoms. The molecule has 3 aliphatic rings. The van der Waals surface area contributed by atoms with Gasteiger partial charge in [0.1, 0.15) is 6.04 Å². The summed E-state index contributed by atoms with van der Waals surface area (Å²) in [6.45, 7) is 13.0. The topological polar surface area (TPSA) is 87.1 Å². The quantitative estimate of drug-likeness (QED) is 0.160. The van der Waals surface area contributed by atoms with Crippen LogP contribution in [0.4, 0.5) is 5.69 Å². The zero-order chi connectivity index (χ0) is 29.6. The Bertz CT molecular complexity index is 1120. The summed E-state index contributed by atoms with van der Waals surface area (Å²) >= 11 is 1.68. The number of hydrogen-bond donors (Lipinski definition) is 1. The van der Waals surface area contributed by atoms with E-state index in [1.54, 1.807) is 27.6 Å². The summed E-state index contributed by atoms with van der Waals surface area (Å²) < 4.78 is 5.09. The van der Waals surface area contributed by atoms with Crippen molar-refractivity contribution in [1.29, 1.82) is 0 Å². The second-order valence-corrected chi connectivity index (χ2v) is 13.3. The predicted octanol–water partition coefficient (Wildman–Crippen LogP) is 5.37. The van der Waals surface area contributed by atoms with Crippen LogP contribution >= 0.6 is 11.8 Å². The Balaban J connectivity index is 1.66. The number of rotatable bonds is 16. The fraction of sp³-hybridized carbons (Fsp3) is 0.606. The lowest BCUT2D eigenvalue weighted by atomic mass is 9.71. The van der Waals surface area contributed by atoms with E-state index in [0.717, 1.165) is 74.6 Å². The minimum atomic E-state index is -0.655. The average molecular weight is 583 g/mol. The van der Waals surface area contributed by atoms with E-state index in [2.05, 4.69) is 13.2 Å². The van der Waals surface area contributed by atoms with Gasteiger partial charge in [0.25, 0.3) is 5.91 Å². The third-order valence-corrected chi connectivity index (χ3v) is 10.9. The number of para-hydroxylation sites is 1. The van der Waals surface area contributed by atoms with Gasteiger partial charge in [0.2, 0.25) is 5.91 Å². The van der Waals surface area contributed by atoms with Gasteiger partial charge >= 0.3 is 5.97 Å². The van der Waals surface area contributed by atoms with Crippen molar-refractivity contribution in [3.8, 4) is 0 Å². The first kappa shape index (κ1) is 31.4. The van der Waals surface area contributed by atoms with Gasteiger partial charge in [0, 0.05) is 30.6 Å². The van der Waals surface area contributed by atoms with E-state index < -0.39 is 22.6 Å². The molecule has 5 atom stereocenters. The number of unbranched alkanes of at least 4 members (excludes halogenated alkanes) is 5. The lowest BCUT2D eigenvalue weighted by Crippen LogP contribution is -2.55. The average Bonchev–Trinajstić information content (AvgIpc) is 3.59. The third kappa shape index (κ3) is 6.14. The number of likely N-dealkylation sites (tertiary alicyclic amines) is 1. The number of anilines is 1. The molecule has 0 aromatic heterocycles. The molecule has 2 amide bonds. The molecule has 0 aliphatic carbocycles. The summed E-state index contributed by atoms with van der Waals surface area (Å²) in [5, 5.41) is 9.18. The van der Waals surface area contributed by atoms with Crippen LogP contribution in [0, 0.1) is 25.7 Å². The predicted molar refractivity (Wildman–Crippen MR) is 165 cm³/mol. The number of carbonyl (C=O) groups is 3. The number of ether oxygens (including phenoxy) is 1. The van der Waals surface area contributed by atoms with Crippen molar-refractivity contribution in [2.75, 3.05) is 31.2 Å². The van der Waals surface area contributed by atoms with Gasteiger partial charge in [-0.15, -0.1) is 24.9 Å². The molecule has 7 nitrogen and oxygen atoms in total. The lowest BCUT2D eigenvalue weighted by Gasteiger charge is -2.38. The first-order valence-corrected chi connectivity index (χ1v) is 16.1. The fourth-order valence-electron chi connectivity index (χ4n) is 7.15. The molecule has 8 heteroatoms. The van der Waals surface area contributed by atoms with Crippen LogP contribution in [0.15, 0.2) is 43.5 Å². The van der Waals surface area contributed by atoms with E-state index in [9.17, 15) is 19.5 Å². The van der Waals surface area contributed by atoms with Crippen LogP contribution in [0.2, 0.25) is 0 Å². The maximum Gasteiger partial charge on any atom is 0.310 e. The van der Waals surface area contributed by atoms with E-state index in [4.69, 9.17) is 4.74 Å². The van der Waals surface area contributed by atoms with E-state index >= 15 is 0 Å². The molecule has 224 valence electrons. The van der Waals surface area contributed by atoms with Crippen molar-refractivity contribution < 1.29 is 24.2 Å². The molecule has 0 saturated carbocycles. The van der Waals surface area contributed by atoms with Crippen molar-refractivity contribution in [2.45, 2.75) is 87.7 Å². The number of aliphatic hydroxyl groups excluding tert-OH is 1. The molecule has 1 spiro atoms. The van der Waals surface area contributed by atoms with Crippen LogP contribution in [0.1, 0.15) is 68.9 Å². The molecule has 2 bridgehead atoms. The SMILES string of the molecule is C=CCCCCOC(=O)[C@@H]1[C@H]2C(=O)N(CCCCCCO)C(C(=O)N(CC=C)c3c(C)cccc3C)C23CC[C@H]1S3. The summed E-state index contributed by atoms with van der Waals surface area (Å²) in [7, 11) is 0. The van der Waals surface area contributed by atoms with E-state index in [1.165, 1.54) is 0 Å². The Morgan fingerprint density at radius 1 is 1.12 bits per heavy atom. The van der Waals surface area contributed by atoms with Crippen LogP contribution in [-0.2, 0) is 19.1 Å². The maximum atomic E-state index is 14.7. The molecule has 3 heterocycles. The molecular weight excluding hydrogens is 536 g/mol. The van der Waals surface area contributed by atoms with Crippen molar-refractivity contribution in [1.82, 2.24) is 4.90 Å². The van der Waals surface area contributed by atoms with Crippen LogP contribution in [0.3, 0.4) is 0 Å². The van der Waals surface area contributed by atoms with E-state index in [1.807, 2.05) is 38.1 Å². The zero-order valence-electron chi connectivity index (χ0n) is 24.7. The van der Waals surface area contributed by atoms with Gasteiger partial charge in [0.15, 0.2) is 0 Å². The lowest BCUT2D eigenvalue weighted by molar-refractivity contribution is -0.154. The summed E-state index contributed by atoms with van der Waals surface area (Å²) in [5.74, 6) is -1.56. The van der Waals surface area contributed by atoms with Crippen LogP contribution < -0.4 is 4.90 Å². The van der Waals surface area contributed by atoms with Crippen molar-refractivity contribution in [3.05, 3.63) is 54.6 Å². The van der Waals surface area contributed by atoms with Gasteiger partial charge in [-0.05, 0) is 69.9 Å². The second kappa shape index (κ2) is 14.1. The van der Waals surface area contributed by atoms with Gasteiger partial charge < -0.3 is 19.6 Å². The Labute approximate surface area is 249 Å². The van der Waals surface area contributed by atoms with Crippen molar-refractivity contribution in [2.24, 2.45) is 11.8 Å². The molecule has 3 aliphatic heterocycles. The van der Waals surface area contributed by atoms with Gasteiger partial charge in [-0.25, -0.2) is 0 Å². The fourth-order valence-corrected chi connectivity index (χ4v) is 9.35. The standard InChI is InChI=1S/C33H46N2O5S/c1-5-7-8-13-22-40-32(39)26-25-17-18-33(41-25)27(26)30(37)35(20-11-9-10-12-21-36)29(33)31(38)34(19-6-2)28-23(3)15-14-16-24(28)4/h5-6,14-16,25-27,29,36H,1-2,7-13,17-22H2,3-4H3/t25-,26+,27+,29?,33?/m1/s1. The van der Waals surface area contributed by atoms with Crippen LogP contribution in [0.25, 0.3) is 0 Å². The largest absolute Gasteiger partial charge is 0.465 e. The maximum absolute atomic E-state index is 14.7. The molecule has 2 unspecified atom stereocenters. The number of carbonyl (C=O) groups excluding carboxylic acids is 3. The van der Waals surface area contributed by atoms with Crippen LogP contribution in [0.5, 0.6) is 0 Å². The number of aliphatic hydroxyl groups is 1. The normalized spacial score (nSPS) is 26.2. The molecule has 1 N–H and O–H groups in total. The number of fused-ring (bicyclic) bond motifs is 1. The smallest absolute Gasteiger partial charge is 0.310 e. The minimum absolute atomic E-state index is 0.0142. The summed E-state index contributed by atoms with van der Waals surface area (Å²) in [6.07, 6.45) is 10.9. The first-order valence-electron chi connectivity index (χ1n) is 15.2. The number of esters is 1. The third-order valence-electron chi connectivity index (χ3n) is 8.95. The molecule has 1 aromatic carbocycles. The summed E-state index contributed by atoms with van der Waals surface area (Å²) in [6, 6.07) is 5.33. The zero-order valence-corrected chi connectivity index (χ0v) is 25.5. The molecular formula is C33H46N2O5S. The molecule has 0 radical (unpaired) electrons. The Morgan fingerprint density at radius 2 is 1.85 bits per heavy atom. The highest BCUT2D eigenvalue weighted by molar-refractivity contribution is 8.02. The number of aryl methyl sites for hydroxylation is 2. The van der Waals surface area contributed by atoms with Crippen molar-refractivity contribution >= 4 is 35.2 Å². The number of amides is 2. The highest BCUT2D eigenvalue weighted by Crippen LogP contribution is 2.66. The number of allylic oxidation sites excluding steroid dienone is 1. The summed E-state index contributed by atoms with van der Waals surface area (Å²) in [4.78, 5) is 46.0. The molecule has 1 aromatic rings. The van der Waals surface area contributed by atoms with Gasteiger partial charge in [-0.3, -0.25) is 14.4 Å². The Morgan fingerprint density at radius 3 is 2.54 bits per heavy atom. The van der Waals surface area contributed by atoms with Crippen LogP contribution in [-0.4, -0.2) is 70.1 Å². The Kier molecular flexibility index (Phi) is 10.8. The minimum Gasteiger partial charge on any atom is -0.465 e. The van der Waals surface area contributed by atoms with E-state index in [0.29, 0.717) is 19.7 Å². The highest BCUT2D eigenvalue weighted by Gasteiger charge is 2.74. The highest BCUT2D eigenvalue weighted by atomic mass is 32.2. The number of hydrogen-bond acceptors (Lipinski definition) is 6. The molecule has 3 saturated heterocycles.